The molecule has 0 aliphatic carbocycles. The maximum atomic E-state index is 11.5. The molecule has 62 valence electrons. The Hall–Kier alpha value is -0.880. The van der Waals surface area contributed by atoms with Crippen LogP contribution in [0.1, 0.15) is 19.8 Å². The SMILES string of the molecule is CC(N)(C#N)CC=CCCF. The van der Waals surface area contributed by atoms with Crippen molar-refractivity contribution in [2.75, 3.05) is 6.67 Å². The van der Waals surface area contributed by atoms with E-state index in [9.17, 15) is 4.39 Å². The Labute approximate surface area is 66.5 Å². The highest BCUT2D eigenvalue weighted by Gasteiger charge is 2.13. The van der Waals surface area contributed by atoms with E-state index in [1.165, 1.54) is 0 Å². The molecule has 0 fully saturated rings. The van der Waals surface area contributed by atoms with Crippen LogP contribution in [0.3, 0.4) is 0 Å². The molecule has 0 amide bonds. The summed E-state index contributed by atoms with van der Waals surface area (Å²) in [5, 5.41) is 8.47. The molecule has 0 aromatic heterocycles. The van der Waals surface area contributed by atoms with E-state index in [4.69, 9.17) is 11.0 Å². The predicted molar refractivity (Wildman–Crippen MR) is 42.6 cm³/mol. The fourth-order valence-electron chi connectivity index (χ4n) is 0.555. The van der Waals surface area contributed by atoms with Crippen molar-refractivity contribution in [3.8, 4) is 6.07 Å². The summed E-state index contributed by atoms with van der Waals surface area (Å²) in [5.41, 5.74) is 4.68. The first kappa shape index (κ1) is 10.1. The van der Waals surface area contributed by atoms with E-state index in [0.717, 1.165) is 0 Å². The van der Waals surface area contributed by atoms with Crippen LogP contribution >= 0.6 is 0 Å². The van der Waals surface area contributed by atoms with Gasteiger partial charge in [-0.05, 0) is 19.8 Å². The van der Waals surface area contributed by atoms with Gasteiger partial charge >= 0.3 is 0 Å². The van der Waals surface area contributed by atoms with Gasteiger partial charge in [-0.1, -0.05) is 12.2 Å². The summed E-state index contributed by atoms with van der Waals surface area (Å²) in [6.07, 6.45) is 4.32. The smallest absolute Gasteiger partial charge is 0.104 e. The van der Waals surface area contributed by atoms with Crippen molar-refractivity contribution in [3.63, 3.8) is 0 Å². The molecule has 0 aromatic rings. The van der Waals surface area contributed by atoms with Gasteiger partial charge in [0.25, 0.3) is 0 Å². The summed E-state index contributed by atoms with van der Waals surface area (Å²) in [6, 6.07) is 1.95. The topological polar surface area (TPSA) is 49.8 Å². The first-order valence-electron chi connectivity index (χ1n) is 3.53. The van der Waals surface area contributed by atoms with Gasteiger partial charge in [0, 0.05) is 0 Å². The van der Waals surface area contributed by atoms with Gasteiger partial charge in [0.15, 0.2) is 0 Å². The minimum atomic E-state index is -0.813. The molecule has 0 aliphatic rings. The third kappa shape index (κ3) is 5.56. The van der Waals surface area contributed by atoms with Crippen molar-refractivity contribution in [2.45, 2.75) is 25.3 Å². The van der Waals surface area contributed by atoms with Gasteiger partial charge in [-0.25, -0.2) is 0 Å². The van der Waals surface area contributed by atoms with Crippen molar-refractivity contribution < 1.29 is 4.39 Å². The van der Waals surface area contributed by atoms with E-state index in [2.05, 4.69) is 0 Å². The molecule has 0 aromatic carbocycles. The summed E-state index contributed by atoms with van der Waals surface area (Å²) in [4.78, 5) is 0. The molecule has 0 rings (SSSR count). The van der Waals surface area contributed by atoms with Crippen LogP contribution in [-0.2, 0) is 0 Å². The first-order chi connectivity index (χ1) is 5.12. The highest BCUT2D eigenvalue weighted by atomic mass is 19.1. The maximum Gasteiger partial charge on any atom is 0.104 e. The van der Waals surface area contributed by atoms with Gasteiger partial charge in [0.05, 0.1) is 12.7 Å². The van der Waals surface area contributed by atoms with Crippen LogP contribution in [0.4, 0.5) is 4.39 Å². The fraction of sp³-hybridized carbons (Fsp3) is 0.625. The molecule has 3 heteroatoms. The molecule has 0 saturated heterocycles. The molecule has 1 atom stereocenters. The van der Waals surface area contributed by atoms with Crippen LogP contribution in [-0.4, -0.2) is 12.2 Å². The number of halogens is 1. The molecule has 0 aliphatic heterocycles. The second-order valence-electron chi connectivity index (χ2n) is 2.68. The number of nitrogens with zero attached hydrogens (tertiary/aromatic N) is 1. The zero-order valence-corrected chi connectivity index (χ0v) is 6.68. The van der Waals surface area contributed by atoms with Gasteiger partial charge in [0.2, 0.25) is 0 Å². The predicted octanol–water partition coefficient (Wildman–Crippen LogP) is 1.53. The summed E-state index contributed by atoms with van der Waals surface area (Å²) in [5.74, 6) is 0. The Morgan fingerprint density at radius 3 is 2.73 bits per heavy atom. The Bertz CT molecular complexity index is 167. The number of alkyl halides is 1. The molecular weight excluding hydrogens is 143 g/mol. The van der Waals surface area contributed by atoms with E-state index >= 15 is 0 Å². The molecule has 0 spiro atoms. The molecule has 0 heterocycles. The first-order valence-corrected chi connectivity index (χ1v) is 3.53. The fourth-order valence-corrected chi connectivity index (χ4v) is 0.555. The van der Waals surface area contributed by atoms with Crippen molar-refractivity contribution in [2.24, 2.45) is 5.73 Å². The molecular formula is C8H13FN2. The standard InChI is InChI=1S/C8H13FN2/c1-8(11,7-10)5-3-2-4-6-9/h2-3H,4-6,11H2,1H3. The van der Waals surface area contributed by atoms with Crippen molar-refractivity contribution in [1.29, 1.82) is 5.26 Å². The highest BCUT2D eigenvalue weighted by molar-refractivity contribution is 5.05. The average molecular weight is 156 g/mol. The van der Waals surface area contributed by atoms with E-state index in [1.807, 2.05) is 6.07 Å². The zero-order chi connectivity index (χ0) is 8.74. The Balaban J connectivity index is 3.62. The summed E-state index contributed by atoms with van der Waals surface area (Å²) < 4.78 is 11.5. The lowest BCUT2D eigenvalue weighted by molar-refractivity contribution is 0.500. The lowest BCUT2D eigenvalue weighted by Crippen LogP contribution is -2.33. The number of allylic oxidation sites excluding steroid dienone is 1. The zero-order valence-electron chi connectivity index (χ0n) is 6.68. The largest absolute Gasteiger partial charge is 0.313 e. The van der Waals surface area contributed by atoms with Crippen LogP contribution in [0.2, 0.25) is 0 Å². The summed E-state index contributed by atoms with van der Waals surface area (Å²) in [7, 11) is 0. The number of rotatable bonds is 4. The maximum absolute atomic E-state index is 11.5. The van der Waals surface area contributed by atoms with E-state index in [0.29, 0.717) is 12.8 Å². The molecule has 0 saturated carbocycles. The molecule has 0 bridgehead atoms. The molecule has 2 N–H and O–H groups in total. The van der Waals surface area contributed by atoms with E-state index < -0.39 is 5.54 Å². The van der Waals surface area contributed by atoms with Crippen LogP contribution in [0.15, 0.2) is 12.2 Å². The Kier molecular flexibility index (Phi) is 4.47. The third-order valence-corrected chi connectivity index (χ3v) is 1.24. The monoisotopic (exact) mass is 156 g/mol. The Morgan fingerprint density at radius 1 is 1.64 bits per heavy atom. The van der Waals surface area contributed by atoms with Crippen LogP contribution in [0.5, 0.6) is 0 Å². The van der Waals surface area contributed by atoms with E-state index in [-0.39, 0.29) is 6.67 Å². The van der Waals surface area contributed by atoms with E-state index in [1.54, 1.807) is 19.1 Å². The van der Waals surface area contributed by atoms with Gasteiger partial charge in [-0.2, -0.15) is 5.26 Å². The van der Waals surface area contributed by atoms with Gasteiger partial charge in [0.1, 0.15) is 5.54 Å². The van der Waals surface area contributed by atoms with Crippen molar-refractivity contribution >= 4 is 0 Å². The quantitative estimate of drug-likeness (QED) is 0.627. The summed E-state index contributed by atoms with van der Waals surface area (Å²) in [6.45, 7) is 1.29. The second-order valence-corrected chi connectivity index (χ2v) is 2.68. The van der Waals surface area contributed by atoms with Gasteiger partial charge in [-0.15, -0.1) is 0 Å². The van der Waals surface area contributed by atoms with Gasteiger partial charge in [-0.3, -0.25) is 4.39 Å². The van der Waals surface area contributed by atoms with Crippen molar-refractivity contribution in [1.82, 2.24) is 0 Å². The Morgan fingerprint density at radius 2 is 2.27 bits per heavy atom. The number of nitrogens with two attached hydrogens (primary N) is 1. The number of nitriles is 1. The van der Waals surface area contributed by atoms with Crippen LogP contribution in [0.25, 0.3) is 0 Å². The normalized spacial score (nSPS) is 16.2. The van der Waals surface area contributed by atoms with Crippen LogP contribution < -0.4 is 5.73 Å². The average Bonchev–Trinajstić information content (AvgIpc) is 1.99. The molecule has 0 radical (unpaired) electrons. The number of hydrogen-bond donors (Lipinski definition) is 1. The molecule has 2 nitrogen and oxygen atoms in total. The minimum absolute atomic E-state index is 0.357. The minimum Gasteiger partial charge on any atom is -0.313 e. The lowest BCUT2D eigenvalue weighted by atomic mass is 10.0. The number of hydrogen-bond acceptors (Lipinski definition) is 2. The molecule has 1 unspecified atom stereocenters. The second kappa shape index (κ2) is 4.86. The summed E-state index contributed by atoms with van der Waals surface area (Å²) >= 11 is 0. The highest BCUT2D eigenvalue weighted by Crippen LogP contribution is 2.04. The van der Waals surface area contributed by atoms with Crippen molar-refractivity contribution in [3.05, 3.63) is 12.2 Å². The molecule has 11 heavy (non-hydrogen) atoms. The third-order valence-electron chi connectivity index (χ3n) is 1.24. The van der Waals surface area contributed by atoms with Gasteiger partial charge < -0.3 is 5.73 Å². The lowest BCUT2D eigenvalue weighted by Gasteiger charge is -2.10. The van der Waals surface area contributed by atoms with Crippen LogP contribution in [0, 0.1) is 11.3 Å².